The topological polar surface area (TPSA) is 30.0 Å². The van der Waals surface area contributed by atoms with E-state index in [-0.39, 0.29) is 5.78 Å². The van der Waals surface area contributed by atoms with Gasteiger partial charge in [0.05, 0.1) is 5.69 Å². The fourth-order valence-electron chi connectivity index (χ4n) is 1.01. The summed E-state index contributed by atoms with van der Waals surface area (Å²) in [7, 11) is 0. The number of ketones is 1. The van der Waals surface area contributed by atoms with Crippen LogP contribution in [0.4, 0.5) is 0 Å². The second-order valence-electron chi connectivity index (χ2n) is 2.86. The Morgan fingerprint density at radius 2 is 2.38 bits per heavy atom. The summed E-state index contributed by atoms with van der Waals surface area (Å²) in [6.45, 7) is 5.48. The lowest BCUT2D eigenvalue weighted by atomic mass is 10.1. The summed E-state index contributed by atoms with van der Waals surface area (Å²) in [6, 6.07) is 3.78. The van der Waals surface area contributed by atoms with Gasteiger partial charge in [-0.1, -0.05) is 19.6 Å². The van der Waals surface area contributed by atoms with Crippen LogP contribution in [0.2, 0.25) is 0 Å². The van der Waals surface area contributed by atoms with Crippen molar-refractivity contribution >= 4 is 11.9 Å². The average molecular weight is 175 g/mol. The zero-order valence-corrected chi connectivity index (χ0v) is 7.79. The molecule has 0 aliphatic heterocycles. The number of hydrogen-bond donors (Lipinski definition) is 0. The smallest absolute Gasteiger partial charge is 0.137 e. The quantitative estimate of drug-likeness (QED) is 0.702. The molecule has 0 amide bonds. The van der Waals surface area contributed by atoms with Gasteiger partial charge in [-0.2, -0.15) is 0 Å². The molecule has 0 N–H and O–H groups in total. The first-order valence-corrected chi connectivity index (χ1v) is 4.35. The number of carbonyl (C=O) groups is 1. The molecule has 0 unspecified atom stereocenters. The van der Waals surface area contributed by atoms with E-state index in [1.54, 1.807) is 12.3 Å². The summed E-state index contributed by atoms with van der Waals surface area (Å²) in [6.07, 6.45) is 4.49. The highest BCUT2D eigenvalue weighted by molar-refractivity contribution is 5.80. The number of aromatic nitrogens is 1. The van der Waals surface area contributed by atoms with Crippen molar-refractivity contribution in [1.82, 2.24) is 4.98 Å². The largest absolute Gasteiger partial charge is 0.299 e. The molecule has 1 heterocycles. The van der Waals surface area contributed by atoms with E-state index < -0.39 is 0 Å². The molecule has 68 valence electrons. The third kappa shape index (κ3) is 2.82. The Kier molecular flexibility index (Phi) is 3.38. The van der Waals surface area contributed by atoms with Crippen molar-refractivity contribution in [1.29, 1.82) is 0 Å². The van der Waals surface area contributed by atoms with Crippen molar-refractivity contribution in [2.75, 3.05) is 0 Å². The Hall–Kier alpha value is -1.44. The normalized spacial score (nSPS) is 9.62. The van der Waals surface area contributed by atoms with Gasteiger partial charge in [0, 0.05) is 19.0 Å². The molecule has 2 heteroatoms. The minimum absolute atomic E-state index is 0.244. The van der Waals surface area contributed by atoms with Crippen LogP contribution in [0.5, 0.6) is 0 Å². The van der Waals surface area contributed by atoms with Crippen LogP contribution in [-0.4, -0.2) is 10.8 Å². The van der Waals surface area contributed by atoms with Crippen molar-refractivity contribution in [2.45, 2.75) is 19.8 Å². The van der Waals surface area contributed by atoms with Crippen molar-refractivity contribution in [2.24, 2.45) is 0 Å². The molecule has 0 aliphatic rings. The molecular weight excluding hydrogens is 162 g/mol. The first-order valence-electron chi connectivity index (χ1n) is 4.35. The maximum atomic E-state index is 11.1. The minimum Gasteiger partial charge on any atom is -0.299 e. The Morgan fingerprint density at radius 1 is 1.62 bits per heavy atom. The fraction of sp³-hybridized carbons (Fsp3) is 0.273. The predicted molar refractivity (Wildman–Crippen MR) is 53.3 cm³/mol. The first-order chi connectivity index (χ1) is 6.26. The standard InChI is InChI=1S/C11H13NO/c1-3-10-6-5-9(8-12-10)7-11(13)4-2/h3,5-6,8H,1,4,7H2,2H3. The zero-order chi connectivity index (χ0) is 9.68. The van der Waals surface area contributed by atoms with E-state index in [1.165, 1.54) is 0 Å². The van der Waals surface area contributed by atoms with Gasteiger partial charge in [-0.15, -0.1) is 0 Å². The van der Waals surface area contributed by atoms with Crippen LogP contribution in [0, 0.1) is 0 Å². The van der Waals surface area contributed by atoms with Crippen LogP contribution >= 0.6 is 0 Å². The highest BCUT2D eigenvalue weighted by Gasteiger charge is 2.00. The molecule has 0 atom stereocenters. The number of pyridine rings is 1. The Balaban J connectivity index is 2.69. The number of hydrogen-bond acceptors (Lipinski definition) is 2. The molecule has 0 saturated carbocycles. The van der Waals surface area contributed by atoms with Gasteiger partial charge in [0.2, 0.25) is 0 Å². The Bertz CT molecular complexity index is 300. The van der Waals surface area contributed by atoms with Gasteiger partial charge in [-0.05, 0) is 17.7 Å². The van der Waals surface area contributed by atoms with Crippen molar-refractivity contribution in [3.8, 4) is 0 Å². The van der Waals surface area contributed by atoms with Gasteiger partial charge in [0.25, 0.3) is 0 Å². The molecular formula is C11H13NO. The van der Waals surface area contributed by atoms with Gasteiger partial charge in [0.15, 0.2) is 0 Å². The lowest BCUT2D eigenvalue weighted by molar-refractivity contribution is -0.118. The Labute approximate surface area is 78.3 Å². The second-order valence-corrected chi connectivity index (χ2v) is 2.86. The van der Waals surface area contributed by atoms with E-state index in [2.05, 4.69) is 11.6 Å². The first kappa shape index (κ1) is 9.65. The molecule has 0 aliphatic carbocycles. The van der Waals surface area contributed by atoms with E-state index in [0.29, 0.717) is 12.8 Å². The third-order valence-corrected chi connectivity index (χ3v) is 1.85. The van der Waals surface area contributed by atoms with Crippen LogP contribution in [0.1, 0.15) is 24.6 Å². The summed E-state index contributed by atoms with van der Waals surface area (Å²) >= 11 is 0. The van der Waals surface area contributed by atoms with E-state index in [1.807, 2.05) is 19.1 Å². The molecule has 1 aromatic heterocycles. The number of rotatable bonds is 4. The van der Waals surface area contributed by atoms with Gasteiger partial charge in [-0.3, -0.25) is 9.78 Å². The van der Waals surface area contributed by atoms with Gasteiger partial charge < -0.3 is 0 Å². The molecule has 0 radical (unpaired) electrons. The number of Topliss-reactive ketones (excluding diaryl/α,β-unsaturated/α-hetero) is 1. The van der Waals surface area contributed by atoms with E-state index >= 15 is 0 Å². The van der Waals surface area contributed by atoms with E-state index in [0.717, 1.165) is 11.3 Å². The number of nitrogens with zero attached hydrogens (tertiary/aromatic N) is 1. The SMILES string of the molecule is C=Cc1ccc(CC(=O)CC)cn1. The lowest BCUT2D eigenvalue weighted by Crippen LogP contribution is -2.00. The second kappa shape index (κ2) is 4.55. The maximum absolute atomic E-state index is 11.1. The monoisotopic (exact) mass is 175 g/mol. The van der Waals surface area contributed by atoms with Gasteiger partial charge in [-0.25, -0.2) is 0 Å². The molecule has 0 fully saturated rings. The van der Waals surface area contributed by atoms with Crippen molar-refractivity contribution in [3.63, 3.8) is 0 Å². The lowest BCUT2D eigenvalue weighted by Gasteiger charge is -1.98. The molecule has 0 aromatic carbocycles. The third-order valence-electron chi connectivity index (χ3n) is 1.85. The van der Waals surface area contributed by atoms with Gasteiger partial charge in [0.1, 0.15) is 5.78 Å². The molecule has 0 saturated heterocycles. The summed E-state index contributed by atoms with van der Waals surface area (Å²) in [4.78, 5) is 15.2. The van der Waals surface area contributed by atoms with Crippen LogP contribution in [0.3, 0.4) is 0 Å². The Morgan fingerprint density at radius 3 is 2.85 bits per heavy atom. The summed E-state index contributed by atoms with van der Waals surface area (Å²) in [5.41, 5.74) is 1.81. The zero-order valence-electron chi connectivity index (χ0n) is 7.79. The average Bonchev–Trinajstić information content (AvgIpc) is 2.19. The van der Waals surface area contributed by atoms with E-state index in [4.69, 9.17) is 0 Å². The van der Waals surface area contributed by atoms with Crippen molar-refractivity contribution < 1.29 is 4.79 Å². The molecule has 0 spiro atoms. The molecule has 0 bridgehead atoms. The molecule has 1 rings (SSSR count). The summed E-state index contributed by atoms with van der Waals surface area (Å²) < 4.78 is 0. The van der Waals surface area contributed by atoms with Crippen LogP contribution in [0.25, 0.3) is 6.08 Å². The molecule has 13 heavy (non-hydrogen) atoms. The molecule has 2 nitrogen and oxygen atoms in total. The highest BCUT2D eigenvalue weighted by Crippen LogP contribution is 2.03. The van der Waals surface area contributed by atoms with Crippen LogP contribution in [0.15, 0.2) is 24.9 Å². The maximum Gasteiger partial charge on any atom is 0.137 e. The fourth-order valence-corrected chi connectivity index (χ4v) is 1.01. The van der Waals surface area contributed by atoms with Crippen LogP contribution < -0.4 is 0 Å². The number of carbonyl (C=O) groups excluding carboxylic acids is 1. The van der Waals surface area contributed by atoms with E-state index in [9.17, 15) is 4.79 Å². The molecule has 1 aromatic rings. The van der Waals surface area contributed by atoms with Gasteiger partial charge >= 0.3 is 0 Å². The predicted octanol–water partition coefficient (Wildman–Crippen LogP) is 2.25. The minimum atomic E-state index is 0.244. The summed E-state index contributed by atoms with van der Waals surface area (Å²) in [5, 5.41) is 0. The highest BCUT2D eigenvalue weighted by atomic mass is 16.1. The summed E-state index contributed by atoms with van der Waals surface area (Å²) in [5.74, 6) is 0.244. The van der Waals surface area contributed by atoms with Crippen molar-refractivity contribution in [3.05, 3.63) is 36.2 Å². The van der Waals surface area contributed by atoms with Crippen LogP contribution in [-0.2, 0) is 11.2 Å².